The Hall–Kier alpha value is -0.440. The van der Waals surface area contributed by atoms with E-state index in [0.717, 1.165) is 32.4 Å². The largest absolute Gasteiger partial charge is 0.489 e. The molecule has 0 aliphatic carbocycles. The van der Waals surface area contributed by atoms with Gasteiger partial charge in [0.2, 0.25) is 0 Å². The highest BCUT2D eigenvalue weighted by molar-refractivity contribution is 6.42. The monoisotopic (exact) mass is 259 g/mol. The van der Waals surface area contributed by atoms with Crippen LogP contribution < -0.4 is 10.1 Å². The van der Waals surface area contributed by atoms with Gasteiger partial charge < -0.3 is 10.1 Å². The summed E-state index contributed by atoms with van der Waals surface area (Å²) in [5, 5.41) is 4.41. The lowest BCUT2D eigenvalue weighted by atomic mass is 10.1. The van der Waals surface area contributed by atoms with Gasteiger partial charge in [0.1, 0.15) is 16.9 Å². The number of hydrogen-bond acceptors (Lipinski definition) is 2. The number of hydrogen-bond donors (Lipinski definition) is 1. The summed E-state index contributed by atoms with van der Waals surface area (Å²) >= 11 is 12.0. The molecule has 1 N–H and O–H groups in total. The molecule has 1 fully saturated rings. The molecule has 4 heteroatoms. The zero-order valence-corrected chi connectivity index (χ0v) is 10.5. The van der Waals surface area contributed by atoms with Crippen LogP contribution in [0.2, 0.25) is 10.0 Å². The number of nitrogens with one attached hydrogen (secondary N) is 1. The second-order valence-corrected chi connectivity index (χ2v) is 4.76. The van der Waals surface area contributed by atoms with Gasteiger partial charge in [-0.05, 0) is 44.5 Å². The van der Waals surface area contributed by atoms with E-state index in [1.54, 1.807) is 6.07 Å². The van der Waals surface area contributed by atoms with Crippen LogP contribution in [0.15, 0.2) is 18.2 Å². The van der Waals surface area contributed by atoms with Gasteiger partial charge in [0.15, 0.2) is 0 Å². The van der Waals surface area contributed by atoms with Gasteiger partial charge in [-0.2, -0.15) is 0 Å². The molecule has 0 saturated carbocycles. The average molecular weight is 260 g/mol. The van der Waals surface area contributed by atoms with E-state index < -0.39 is 0 Å². The summed E-state index contributed by atoms with van der Waals surface area (Å²) in [4.78, 5) is 0. The van der Waals surface area contributed by atoms with Gasteiger partial charge in [-0.15, -0.1) is 0 Å². The SMILES string of the molecule is Clc1cccc(OC2CCCNCC2)c1Cl. The Kier molecular flexibility index (Phi) is 4.33. The van der Waals surface area contributed by atoms with Crippen LogP contribution in [0.1, 0.15) is 19.3 Å². The maximum atomic E-state index is 6.08. The van der Waals surface area contributed by atoms with Crippen LogP contribution in [-0.4, -0.2) is 19.2 Å². The Morgan fingerprint density at radius 3 is 2.94 bits per heavy atom. The molecule has 2 rings (SSSR count). The van der Waals surface area contributed by atoms with Crippen molar-refractivity contribution in [2.45, 2.75) is 25.4 Å². The molecule has 1 heterocycles. The molecule has 88 valence electrons. The summed E-state index contributed by atoms with van der Waals surface area (Å²) in [5.74, 6) is 0.695. The van der Waals surface area contributed by atoms with E-state index in [2.05, 4.69) is 5.32 Å². The highest BCUT2D eigenvalue weighted by Crippen LogP contribution is 2.32. The van der Waals surface area contributed by atoms with Gasteiger partial charge in [0.25, 0.3) is 0 Å². The third-order valence-electron chi connectivity index (χ3n) is 2.73. The first-order chi connectivity index (χ1) is 7.77. The maximum Gasteiger partial charge on any atom is 0.139 e. The molecule has 16 heavy (non-hydrogen) atoms. The quantitative estimate of drug-likeness (QED) is 0.878. The lowest BCUT2D eigenvalue weighted by molar-refractivity contribution is 0.187. The Morgan fingerprint density at radius 1 is 1.19 bits per heavy atom. The zero-order chi connectivity index (χ0) is 11.4. The summed E-state index contributed by atoms with van der Waals surface area (Å²) in [5.41, 5.74) is 0. The highest BCUT2D eigenvalue weighted by Gasteiger charge is 2.15. The normalized spacial score (nSPS) is 21.5. The highest BCUT2D eigenvalue weighted by atomic mass is 35.5. The second-order valence-electron chi connectivity index (χ2n) is 3.97. The van der Waals surface area contributed by atoms with Crippen molar-refractivity contribution in [3.8, 4) is 5.75 Å². The molecule has 1 aliphatic heterocycles. The van der Waals surface area contributed by atoms with E-state index >= 15 is 0 Å². The van der Waals surface area contributed by atoms with Crippen LogP contribution in [0.4, 0.5) is 0 Å². The van der Waals surface area contributed by atoms with Gasteiger partial charge in [-0.3, -0.25) is 0 Å². The fourth-order valence-electron chi connectivity index (χ4n) is 1.86. The predicted octanol–water partition coefficient (Wildman–Crippen LogP) is 3.51. The lowest BCUT2D eigenvalue weighted by Gasteiger charge is -2.17. The molecular formula is C12H15Cl2NO. The van der Waals surface area contributed by atoms with Crippen molar-refractivity contribution >= 4 is 23.2 Å². The first-order valence-electron chi connectivity index (χ1n) is 5.59. The number of ether oxygens (including phenoxy) is 1. The van der Waals surface area contributed by atoms with Crippen molar-refractivity contribution in [2.24, 2.45) is 0 Å². The topological polar surface area (TPSA) is 21.3 Å². The van der Waals surface area contributed by atoms with Crippen molar-refractivity contribution in [2.75, 3.05) is 13.1 Å². The molecule has 0 radical (unpaired) electrons. The maximum absolute atomic E-state index is 6.08. The Morgan fingerprint density at radius 2 is 2.06 bits per heavy atom. The molecule has 1 aliphatic rings. The molecule has 1 atom stereocenters. The fraction of sp³-hybridized carbons (Fsp3) is 0.500. The minimum Gasteiger partial charge on any atom is -0.489 e. The van der Waals surface area contributed by atoms with E-state index in [-0.39, 0.29) is 6.10 Å². The lowest BCUT2D eigenvalue weighted by Crippen LogP contribution is -2.19. The van der Waals surface area contributed by atoms with Crippen LogP contribution in [0.5, 0.6) is 5.75 Å². The molecule has 0 spiro atoms. The Labute approximate surface area is 106 Å². The number of halogens is 2. The number of rotatable bonds is 2. The van der Waals surface area contributed by atoms with Gasteiger partial charge in [-0.1, -0.05) is 29.3 Å². The standard InChI is InChI=1S/C12H15Cl2NO/c13-10-4-1-5-11(12(10)14)16-9-3-2-7-15-8-6-9/h1,4-5,9,15H,2-3,6-8H2. The minimum absolute atomic E-state index is 0.242. The van der Waals surface area contributed by atoms with Crippen molar-refractivity contribution < 1.29 is 4.74 Å². The molecule has 0 amide bonds. The van der Waals surface area contributed by atoms with Crippen molar-refractivity contribution in [3.63, 3.8) is 0 Å². The average Bonchev–Trinajstić information content (AvgIpc) is 2.53. The van der Waals surface area contributed by atoms with Crippen molar-refractivity contribution in [1.82, 2.24) is 5.32 Å². The molecule has 2 nitrogen and oxygen atoms in total. The van der Waals surface area contributed by atoms with E-state index in [0.29, 0.717) is 15.8 Å². The van der Waals surface area contributed by atoms with Crippen molar-refractivity contribution in [3.05, 3.63) is 28.2 Å². The van der Waals surface area contributed by atoms with E-state index in [4.69, 9.17) is 27.9 Å². The second kappa shape index (κ2) is 5.76. The molecule has 1 aromatic rings. The van der Waals surface area contributed by atoms with Crippen LogP contribution >= 0.6 is 23.2 Å². The summed E-state index contributed by atoms with van der Waals surface area (Å²) < 4.78 is 5.89. The zero-order valence-electron chi connectivity index (χ0n) is 9.01. The Balaban J connectivity index is 2.04. The van der Waals surface area contributed by atoms with Crippen LogP contribution in [0.25, 0.3) is 0 Å². The van der Waals surface area contributed by atoms with Gasteiger partial charge in [0, 0.05) is 0 Å². The molecule has 1 aromatic carbocycles. The van der Waals surface area contributed by atoms with Gasteiger partial charge in [-0.25, -0.2) is 0 Å². The molecule has 1 saturated heterocycles. The summed E-state index contributed by atoms with van der Waals surface area (Å²) in [6, 6.07) is 5.50. The summed E-state index contributed by atoms with van der Waals surface area (Å²) in [6.07, 6.45) is 3.47. The molecule has 0 bridgehead atoms. The first kappa shape index (κ1) is 12.0. The minimum atomic E-state index is 0.242. The molecular weight excluding hydrogens is 245 g/mol. The smallest absolute Gasteiger partial charge is 0.139 e. The van der Waals surface area contributed by atoms with Crippen LogP contribution in [0.3, 0.4) is 0 Å². The first-order valence-corrected chi connectivity index (χ1v) is 6.34. The fourth-order valence-corrected chi connectivity index (χ4v) is 2.20. The summed E-state index contributed by atoms with van der Waals surface area (Å²) in [7, 11) is 0. The van der Waals surface area contributed by atoms with E-state index in [1.807, 2.05) is 12.1 Å². The number of benzene rings is 1. The van der Waals surface area contributed by atoms with Gasteiger partial charge >= 0.3 is 0 Å². The van der Waals surface area contributed by atoms with Crippen LogP contribution in [0, 0.1) is 0 Å². The third kappa shape index (κ3) is 3.03. The molecule has 1 unspecified atom stereocenters. The Bertz CT molecular complexity index is 349. The van der Waals surface area contributed by atoms with Crippen molar-refractivity contribution in [1.29, 1.82) is 0 Å². The predicted molar refractivity (Wildman–Crippen MR) is 67.6 cm³/mol. The molecule has 0 aromatic heterocycles. The van der Waals surface area contributed by atoms with E-state index in [9.17, 15) is 0 Å². The van der Waals surface area contributed by atoms with E-state index in [1.165, 1.54) is 0 Å². The van der Waals surface area contributed by atoms with Gasteiger partial charge in [0.05, 0.1) is 5.02 Å². The van der Waals surface area contributed by atoms with Crippen LogP contribution in [-0.2, 0) is 0 Å². The third-order valence-corrected chi connectivity index (χ3v) is 3.53. The summed E-state index contributed by atoms with van der Waals surface area (Å²) in [6.45, 7) is 2.08.